The average molecular weight is 982 g/mol. The van der Waals surface area contributed by atoms with Crippen molar-refractivity contribution in [2.24, 2.45) is 11.8 Å². The van der Waals surface area contributed by atoms with Gasteiger partial charge in [-0.05, 0) is 31.0 Å². The zero-order chi connectivity index (χ0) is 40.3. The number of aryl methyl sites for hydroxylation is 1. The number of aromatic nitrogens is 2. The fraction of sp³-hybridized carbons (Fsp3) is 0.532. The van der Waals surface area contributed by atoms with Crippen LogP contribution in [-0.2, 0) is 6.42 Å². The van der Waals surface area contributed by atoms with Gasteiger partial charge in [0.2, 0.25) is 0 Å². The second kappa shape index (κ2) is 19.2. The van der Waals surface area contributed by atoms with Gasteiger partial charge in [0.25, 0.3) is 0 Å². The van der Waals surface area contributed by atoms with Crippen LogP contribution in [0.15, 0.2) is 42.5 Å². The molecule has 5 aromatic heterocycles. The van der Waals surface area contributed by atoms with Crippen LogP contribution >= 0.6 is 57.1 Å². The van der Waals surface area contributed by atoms with E-state index < -0.39 is 26.5 Å². The molecule has 2 nitrogen and oxygen atoms in total. The van der Waals surface area contributed by atoms with Gasteiger partial charge in [0, 0.05) is 14.6 Å². The summed E-state index contributed by atoms with van der Waals surface area (Å²) < 4.78 is 28.5. The molecule has 2 atom stereocenters. The molecular weight excluding hydrogens is 919 g/mol. The van der Waals surface area contributed by atoms with E-state index in [-0.39, 0.29) is 5.82 Å². The van der Waals surface area contributed by atoms with Crippen LogP contribution in [0.4, 0.5) is 4.39 Å². The van der Waals surface area contributed by atoms with Crippen molar-refractivity contribution in [3.63, 3.8) is 0 Å². The van der Waals surface area contributed by atoms with Crippen molar-refractivity contribution in [2.75, 3.05) is 0 Å². The summed E-state index contributed by atoms with van der Waals surface area (Å²) in [7, 11) is -2.18. The van der Waals surface area contributed by atoms with E-state index in [0.29, 0.717) is 5.56 Å². The summed E-state index contributed by atoms with van der Waals surface area (Å²) >= 11 is 6.49. The number of unbranched alkanes of at least 4 members (excludes halogenated alkanes) is 5. The van der Waals surface area contributed by atoms with Crippen molar-refractivity contribution in [3.05, 3.63) is 53.2 Å². The van der Waals surface area contributed by atoms with Crippen molar-refractivity contribution in [2.45, 2.75) is 145 Å². The summed E-state index contributed by atoms with van der Waals surface area (Å²) in [4.78, 5) is 16.9. The number of fused-ring (bicyclic) bond motifs is 4. The van der Waals surface area contributed by atoms with E-state index in [4.69, 9.17) is 8.75 Å². The Labute approximate surface area is 368 Å². The van der Waals surface area contributed by atoms with Crippen LogP contribution in [0.25, 0.3) is 51.4 Å². The maximum absolute atomic E-state index is 17.0. The molecule has 1 aromatic carbocycles. The van der Waals surface area contributed by atoms with Crippen molar-refractivity contribution in [3.8, 4) is 40.4 Å². The van der Waals surface area contributed by atoms with Crippen LogP contribution in [0.2, 0.25) is 26.9 Å². The first-order valence-corrected chi connectivity index (χ1v) is 38.4. The molecule has 0 N–H and O–H groups in total. The molecular formula is C47H63FN2S5SiSn. The van der Waals surface area contributed by atoms with E-state index in [1.807, 2.05) is 22.7 Å². The van der Waals surface area contributed by atoms with Crippen molar-refractivity contribution in [1.82, 2.24) is 8.75 Å². The Morgan fingerprint density at radius 3 is 1.91 bits per heavy atom. The number of rotatable bonds is 21. The number of hydrogen-bond acceptors (Lipinski definition) is 7. The van der Waals surface area contributed by atoms with Crippen molar-refractivity contribution >= 4 is 108 Å². The van der Waals surface area contributed by atoms with E-state index in [1.165, 1.54) is 120 Å². The second-order valence-corrected chi connectivity index (χ2v) is 42.1. The summed E-state index contributed by atoms with van der Waals surface area (Å²) in [6, 6.07) is 18.6. The molecule has 10 heteroatoms. The normalized spacial score (nSPS) is 16.4. The molecule has 0 bridgehead atoms. The Morgan fingerprint density at radius 2 is 1.25 bits per heavy atom. The average Bonchev–Trinajstić information content (AvgIpc) is 4.05. The van der Waals surface area contributed by atoms with Gasteiger partial charge in [-0.25, -0.2) is 0 Å². The van der Waals surface area contributed by atoms with Gasteiger partial charge in [-0.2, -0.15) is 0 Å². The number of nitrogens with zero attached hydrogens (tertiary/aromatic N) is 2. The van der Waals surface area contributed by atoms with E-state index in [2.05, 4.69) is 97.2 Å². The van der Waals surface area contributed by atoms with Gasteiger partial charge in [-0.1, -0.05) is 26.2 Å². The van der Waals surface area contributed by atoms with Crippen LogP contribution in [-0.4, -0.2) is 35.2 Å². The predicted molar refractivity (Wildman–Crippen MR) is 263 cm³/mol. The van der Waals surface area contributed by atoms with Gasteiger partial charge in [-0.3, -0.25) is 0 Å². The van der Waals surface area contributed by atoms with Gasteiger partial charge in [-0.15, -0.1) is 11.3 Å². The molecule has 1 aliphatic heterocycles. The van der Waals surface area contributed by atoms with Gasteiger partial charge in [0.15, 0.2) is 0 Å². The van der Waals surface area contributed by atoms with E-state index in [0.717, 1.165) is 44.6 Å². The van der Waals surface area contributed by atoms with Crippen LogP contribution in [0, 0.1) is 17.7 Å². The minimum absolute atomic E-state index is 0.167. The molecule has 2 unspecified atom stereocenters. The van der Waals surface area contributed by atoms with Crippen LogP contribution in [0.1, 0.15) is 117 Å². The van der Waals surface area contributed by atoms with E-state index in [9.17, 15) is 0 Å². The summed E-state index contributed by atoms with van der Waals surface area (Å²) in [5.41, 5.74) is 3.09. The SMILES string of the molecule is CCCCCCc1ccc(-c2ccc(-c3cc(F)c(-c4cc5c(s4)-c4s[c]([Sn]([CH3])([CH3])[CH3])cc4[Si]5(CC(CC)CCCC)CC(CC)CCCC)c4nsnc34)s2)s1. The van der Waals surface area contributed by atoms with Crippen LogP contribution < -0.4 is 13.3 Å². The van der Waals surface area contributed by atoms with Gasteiger partial charge >= 0.3 is 288 Å². The standard InChI is InChI=1S/C44H54FN2S5Si.3CH3.Sn/c1-6-11-14-15-18-31-19-20-35(49-31)36-22-21-34(50-36)32-25-33(45)40(42-41(32)46-52-47-42)37-26-39-44(51-37)43-38(23-24-48-43)53(39,27-29(9-4)16-12-7-2)28-30(10-5)17-13-8-3;;;;/h19-23,25-26,29-30H,6-18,27-28H2,1-5H3;3*1H3;. The molecule has 0 saturated carbocycles. The molecule has 7 rings (SSSR count). The number of hydrogen-bond donors (Lipinski definition) is 0. The summed E-state index contributed by atoms with van der Waals surface area (Å²) in [5.74, 6) is 1.30. The molecule has 0 saturated heterocycles. The molecule has 6 heterocycles. The van der Waals surface area contributed by atoms with Crippen LogP contribution in [0.5, 0.6) is 0 Å². The summed E-state index contributed by atoms with van der Waals surface area (Å²) in [6.45, 7) is 11.8. The predicted octanol–water partition coefficient (Wildman–Crippen LogP) is 15.7. The van der Waals surface area contributed by atoms with Crippen molar-refractivity contribution < 1.29 is 4.39 Å². The molecule has 306 valence electrons. The van der Waals surface area contributed by atoms with Gasteiger partial charge in [0.05, 0.1) is 0 Å². The molecule has 1 aliphatic rings. The minimum atomic E-state index is -2.37. The fourth-order valence-corrected chi connectivity index (χ4v) is 28.0. The van der Waals surface area contributed by atoms with E-state index >= 15 is 4.39 Å². The Bertz CT molecular complexity index is 2230. The second-order valence-electron chi connectivity index (χ2n) is 17.8. The third kappa shape index (κ3) is 9.20. The van der Waals surface area contributed by atoms with Gasteiger partial charge in [0.1, 0.15) is 0 Å². The molecule has 0 fully saturated rings. The molecule has 0 aliphatic carbocycles. The van der Waals surface area contributed by atoms with E-state index in [1.54, 1.807) is 35.5 Å². The fourth-order valence-electron chi connectivity index (χ4n) is 9.18. The number of halogens is 1. The molecule has 0 spiro atoms. The minimum Gasteiger partial charge on any atom is -0.139 e. The maximum atomic E-state index is 17.0. The first-order valence-electron chi connectivity index (χ1n) is 22.0. The zero-order valence-electron chi connectivity index (χ0n) is 35.6. The van der Waals surface area contributed by atoms with Crippen LogP contribution in [0.3, 0.4) is 0 Å². The smallest absolute Gasteiger partial charge is 0.139 e. The zero-order valence-corrected chi connectivity index (χ0v) is 43.6. The first kappa shape index (κ1) is 43.9. The Kier molecular flexibility index (Phi) is 14.8. The monoisotopic (exact) mass is 982 g/mol. The topological polar surface area (TPSA) is 25.8 Å². The Balaban J connectivity index is 1.31. The summed E-state index contributed by atoms with van der Waals surface area (Å²) in [5, 5.41) is 3.37. The third-order valence-electron chi connectivity index (χ3n) is 12.6. The Hall–Kier alpha value is -1.21. The van der Waals surface area contributed by atoms with Crippen molar-refractivity contribution in [1.29, 1.82) is 0 Å². The summed E-state index contributed by atoms with van der Waals surface area (Å²) in [6.07, 6.45) is 16.6. The molecule has 0 radical (unpaired) electrons. The number of benzene rings is 1. The molecule has 57 heavy (non-hydrogen) atoms. The molecule has 0 amide bonds. The first-order chi connectivity index (χ1) is 27.5. The van der Waals surface area contributed by atoms with Gasteiger partial charge < -0.3 is 0 Å². The number of thiophene rings is 4. The third-order valence-corrected chi connectivity index (χ3v) is 33.2. The molecule has 6 aromatic rings. The quantitative estimate of drug-likeness (QED) is 0.0530. The Morgan fingerprint density at radius 1 is 0.632 bits per heavy atom.